The molecular formula is C15H20O6. The van der Waals surface area contributed by atoms with Crippen LogP contribution in [-0.2, 0) is 14.3 Å². The van der Waals surface area contributed by atoms with Crippen LogP contribution in [0.2, 0.25) is 0 Å². The maximum atomic E-state index is 12.5. The van der Waals surface area contributed by atoms with Crippen molar-refractivity contribution in [2.75, 3.05) is 0 Å². The van der Waals surface area contributed by atoms with E-state index in [9.17, 15) is 24.9 Å². The predicted octanol–water partition coefficient (Wildman–Crippen LogP) is -0.239. The van der Waals surface area contributed by atoms with E-state index in [1.165, 1.54) is 0 Å². The number of carbonyl (C=O) groups is 2. The molecule has 1 heterocycles. The lowest BCUT2D eigenvalue weighted by Gasteiger charge is -2.56. The van der Waals surface area contributed by atoms with Crippen molar-refractivity contribution in [1.29, 1.82) is 0 Å². The standard InChI is InChI=1S/C15H20O6/c1-14(2)8-4-3-7(6-16)11-12(19)21-13(20)15(8,11)10(18)5-9(14)17/h3,6,8-12,17-19H,4-5H2,1-2H3. The van der Waals surface area contributed by atoms with E-state index in [0.717, 1.165) is 0 Å². The molecule has 2 fully saturated rings. The van der Waals surface area contributed by atoms with Gasteiger partial charge in [0.1, 0.15) is 11.7 Å². The van der Waals surface area contributed by atoms with Crippen LogP contribution < -0.4 is 0 Å². The first-order valence-electron chi connectivity index (χ1n) is 7.18. The maximum Gasteiger partial charge on any atom is 0.318 e. The van der Waals surface area contributed by atoms with Gasteiger partial charge in [-0.05, 0) is 23.3 Å². The number of aliphatic hydroxyl groups excluding tert-OH is 3. The van der Waals surface area contributed by atoms with Crippen molar-refractivity contribution < 1.29 is 29.6 Å². The van der Waals surface area contributed by atoms with Gasteiger partial charge in [-0.1, -0.05) is 19.9 Å². The van der Waals surface area contributed by atoms with Crippen molar-refractivity contribution in [2.45, 2.75) is 45.2 Å². The molecule has 3 N–H and O–H groups in total. The summed E-state index contributed by atoms with van der Waals surface area (Å²) in [7, 11) is 0. The third kappa shape index (κ3) is 1.58. The third-order valence-corrected chi connectivity index (χ3v) is 5.80. The van der Waals surface area contributed by atoms with E-state index < -0.39 is 47.1 Å². The minimum atomic E-state index is -1.43. The van der Waals surface area contributed by atoms with Gasteiger partial charge >= 0.3 is 5.97 Å². The topological polar surface area (TPSA) is 104 Å². The molecule has 6 unspecified atom stereocenters. The molecule has 6 atom stereocenters. The smallest absolute Gasteiger partial charge is 0.318 e. The molecular weight excluding hydrogens is 276 g/mol. The molecule has 116 valence electrons. The van der Waals surface area contributed by atoms with Gasteiger partial charge in [-0.15, -0.1) is 0 Å². The largest absolute Gasteiger partial charge is 0.435 e. The van der Waals surface area contributed by atoms with E-state index in [4.69, 9.17) is 4.74 Å². The highest BCUT2D eigenvalue weighted by Gasteiger charge is 2.72. The summed E-state index contributed by atoms with van der Waals surface area (Å²) >= 11 is 0. The first kappa shape index (κ1) is 14.7. The lowest BCUT2D eigenvalue weighted by atomic mass is 9.46. The zero-order chi connectivity index (χ0) is 15.6. The Kier molecular flexibility index (Phi) is 3.06. The summed E-state index contributed by atoms with van der Waals surface area (Å²) in [6.07, 6.45) is -0.653. The van der Waals surface area contributed by atoms with Gasteiger partial charge in [-0.3, -0.25) is 9.59 Å². The Bertz CT molecular complexity index is 524. The fourth-order valence-electron chi connectivity index (χ4n) is 4.58. The van der Waals surface area contributed by atoms with Gasteiger partial charge in [0, 0.05) is 6.42 Å². The van der Waals surface area contributed by atoms with Gasteiger partial charge in [0.25, 0.3) is 0 Å². The second-order valence-corrected chi connectivity index (χ2v) is 6.91. The number of hydrogen-bond acceptors (Lipinski definition) is 6. The summed E-state index contributed by atoms with van der Waals surface area (Å²) in [5.41, 5.74) is -1.70. The minimum Gasteiger partial charge on any atom is -0.435 e. The monoisotopic (exact) mass is 296 g/mol. The zero-order valence-electron chi connectivity index (χ0n) is 12.0. The van der Waals surface area contributed by atoms with Crippen LogP contribution in [-0.4, -0.2) is 46.1 Å². The van der Waals surface area contributed by atoms with Gasteiger partial charge in [-0.25, -0.2) is 0 Å². The molecule has 0 amide bonds. The Hall–Kier alpha value is -1.24. The van der Waals surface area contributed by atoms with E-state index in [1.54, 1.807) is 6.08 Å². The summed E-state index contributed by atoms with van der Waals surface area (Å²) in [6, 6.07) is 0. The van der Waals surface area contributed by atoms with Crippen molar-refractivity contribution >= 4 is 12.3 Å². The van der Waals surface area contributed by atoms with Crippen molar-refractivity contribution in [3.8, 4) is 0 Å². The van der Waals surface area contributed by atoms with Gasteiger partial charge in [-0.2, -0.15) is 0 Å². The molecule has 0 aromatic carbocycles. The van der Waals surface area contributed by atoms with E-state index >= 15 is 0 Å². The quantitative estimate of drug-likeness (QED) is 0.456. The number of cyclic esters (lactones) is 1. The second kappa shape index (κ2) is 4.38. The highest BCUT2D eigenvalue weighted by molar-refractivity contribution is 5.86. The molecule has 0 radical (unpaired) electrons. The molecule has 2 aliphatic carbocycles. The van der Waals surface area contributed by atoms with Crippen LogP contribution in [0.25, 0.3) is 0 Å². The molecule has 1 saturated heterocycles. The van der Waals surface area contributed by atoms with Gasteiger partial charge in [0.2, 0.25) is 6.29 Å². The molecule has 21 heavy (non-hydrogen) atoms. The number of rotatable bonds is 1. The van der Waals surface area contributed by atoms with Crippen molar-refractivity contribution in [3.05, 3.63) is 11.6 Å². The van der Waals surface area contributed by atoms with Gasteiger partial charge < -0.3 is 20.1 Å². The Morgan fingerprint density at radius 3 is 2.57 bits per heavy atom. The minimum absolute atomic E-state index is 0.0218. The van der Waals surface area contributed by atoms with Crippen LogP contribution >= 0.6 is 0 Å². The fourth-order valence-corrected chi connectivity index (χ4v) is 4.58. The van der Waals surface area contributed by atoms with Crippen molar-refractivity contribution in [1.82, 2.24) is 0 Å². The number of ether oxygens (including phenoxy) is 1. The molecule has 1 aliphatic heterocycles. The van der Waals surface area contributed by atoms with Crippen LogP contribution in [0.5, 0.6) is 0 Å². The number of aliphatic hydroxyl groups is 3. The average Bonchev–Trinajstić information content (AvgIpc) is 2.69. The van der Waals surface area contributed by atoms with Crippen LogP contribution in [0.4, 0.5) is 0 Å². The summed E-state index contributed by atoms with van der Waals surface area (Å²) < 4.78 is 4.97. The highest BCUT2D eigenvalue weighted by Crippen LogP contribution is 2.63. The first-order valence-corrected chi connectivity index (χ1v) is 7.18. The molecule has 6 heteroatoms. The normalized spacial score (nSPS) is 48.0. The SMILES string of the molecule is CC1(C)C(O)CC(O)C23C(=O)OC(O)C2C(C=O)=CCC13. The first-order chi connectivity index (χ1) is 9.77. The number of esters is 1. The molecule has 1 saturated carbocycles. The molecule has 1 spiro atoms. The molecule has 3 aliphatic rings. The average molecular weight is 296 g/mol. The van der Waals surface area contributed by atoms with Crippen LogP contribution in [0.1, 0.15) is 26.7 Å². The molecule has 6 nitrogen and oxygen atoms in total. The van der Waals surface area contributed by atoms with Gasteiger partial charge in [0.15, 0.2) is 0 Å². The number of aldehydes is 1. The third-order valence-electron chi connectivity index (χ3n) is 5.80. The zero-order valence-corrected chi connectivity index (χ0v) is 12.0. The lowest BCUT2D eigenvalue weighted by Crippen LogP contribution is -2.63. The summed E-state index contributed by atoms with van der Waals surface area (Å²) in [4.78, 5) is 23.8. The van der Waals surface area contributed by atoms with E-state index in [-0.39, 0.29) is 12.0 Å². The Balaban J connectivity index is 2.22. The number of allylic oxidation sites excluding steroid dienone is 1. The highest BCUT2D eigenvalue weighted by atomic mass is 16.6. The maximum absolute atomic E-state index is 12.5. The number of carbonyl (C=O) groups excluding carboxylic acids is 2. The summed E-state index contributed by atoms with van der Waals surface area (Å²) in [5.74, 6) is -1.95. The lowest BCUT2D eigenvalue weighted by molar-refractivity contribution is -0.191. The Morgan fingerprint density at radius 1 is 1.29 bits per heavy atom. The van der Waals surface area contributed by atoms with E-state index in [1.807, 2.05) is 13.8 Å². The van der Waals surface area contributed by atoms with Crippen LogP contribution in [0, 0.1) is 22.7 Å². The fraction of sp³-hybridized carbons (Fsp3) is 0.733. The van der Waals surface area contributed by atoms with Crippen LogP contribution in [0.3, 0.4) is 0 Å². The van der Waals surface area contributed by atoms with E-state index in [0.29, 0.717) is 12.7 Å². The van der Waals surface area contributed by atoms with E-state index in [2.05, 4.69) is 0 Å². The number of hydrogen-bond donors (Lipinski definition) is 3. The Labute approximate surface area is 122 Å². The van der Waals surface area contributed by atoms with Gasteiger partial charge in [0.05, 0.1) is 18.1 Å². The Morgan fingerprint density at radius 2 is 1.95 bits per heavy atom. The molecule has 0 bridgehead atoms. The summed E-state index contributed by atoms with van der Waals surface area (Å²) in [6.45, 7) is 3.68. The second-order valence-electron chi connectivity index (χ2n) is 6.91. The molecule has 0 aromatic heterocycles. The molecule has 0 aromatic rings. The van der Waals surface area contributed by atoms with Crippen molar-refractivity contribution in [3.63, 3.8) is 0 Å². The predicted molar refractivity (Wildman–Crippen MR) is 70.7 cm³/mol. The van der Waals surface area contributed by atoms with Crippen LogP contribution in [0.15, 0.2) is 11.6 Å². The van der Waals surface area contributed by atoms with Crippen molar-refractivity contribution in [2.24, 2.45) is 22.7 Å². The summed E-state index contributed by atoms with van der Waals surface area (Å²) in [5, 5.41) is 30.9. The molecule has 3 rings (SSSR count).